The summed E-state index contributed by atoms with van der Waals surface area (Å²) in [6, 6.07) is 7.05. The molecule has 1 aromatic rings. The molecule has 3 saturated heterocycles. The van der Waals surface area contributed by atoms with Gasteiger partial charge in [-0.3, -0.25) is 14.5 Å². The molecule has 3 aliphatic rings. The summed E-state index contributed by atoms with van der Waals surface area (Å²) in [6.45, 7) is 3.34. The highest BCUT2D eigenvalue weighted by Gasteiger charge is 2.51. The van der Waals surface area contributed by atoms with E-state index in [1.165, 1.54) is 18.4 Å². The SMILES string of the molecule is C[C@@H](c1cccc(S(=O)(=O)N(C)C)c1)N1C(=O)[C@@H]2C[C@H]1CN2C[C@H](N)C(=O)N1CCC[C@H]1C#N. The van der Waals surface area contributed by atoms with Gasteiger partial charge in [0.05, 0.1) is 29.1 Å². The van der Waals surface area contributed by atoms with Gasteiger partial charge in [0.15, 0.2) is 0 Å². The molecule has 4 rings (SSSR count). The van der Waals surface area contributed by atoms with Crippen LogP contribution < -0.4 is 5.73 Å². The lowest BCUT2D eigenvalue weighted by atomic mass is 10.1. The number of likely N-dealkylation sites (tertiary alicyclic amines) is 3. The van der Waals surface area contributed by atoms with Crippen molar-refractivity contribution in [3.05, 3.63) is 29.8 Å². The molecule has 0 spiro atoms. The van der Waals surface area contributed by atoms with Gasteiger partial charge in [-0.1, -0.05) is 12.1 Å². The van der Waals surface area contributed by atoms with Gasteiger partial charge >= 0.3 is 0 Å². The van der Waals surface area contributed by atoms with E-state index in [0.29, 0.717) is 25.9 Å². The van der Waals surface area contributed by atoms with Crippen LogP contribution in [0.4, 0.5) is 0 Å². The first kappa shape index (κ1) is 24.6. The lowest BCUT2D eigenvalue weighted by molar-refractivity contribution is -0.141. The van der Waals surface area contributed by atoms with E-state index < -0.39 is 22.1 Å². The van der Waals surface area contributed by atoms with Gasteiger partial charge in [0.25, 0.3) is 0 Å². The van der Waals surface area contributed by atoms with Crippen LogP contribution in [0.15, 0.2) is 29.2 Å². The number of nitrogens with zero attached hydrogens (tertiary/aromatic N) is 5. The van der Waals surface area contributed by atoms with Crippen LogP contribution in [-0.2, 0) is 19.6 Å². The highest BCUT2D eigenvalue weighted by Crippen LogP contribution is 2.38. The highest BCUT2D eigenvalue weighted by atomic mass is 32.2. The van der Waals surface area contributed by atoms with Crippen molar-refractivity contribution in [3.63, 3.8) is 0 Å². The first-order valence-electron chi connectivity index (χ1n) is 11.6. The van der Waals surface area contributed by atoms with E-state index in [0.717, 1.165) is 12.0 Å². The zero-order valence-corrected chi connectivity index (χ0v) is 20.6. The molecule has 184 valence electrons. The first-order valence-corrected chi connectivity index (χ1v) is 13.0. The molecule has 34 heavy (non-hydrogen) atoms. The van der Waals surface area contributed by atoms with Crippen LogP contribution in [0.3, 0.4) is 0 Å². The number of sulfonamides is 1. The van der Waals surface area contributed by atoms with Crippen molar-refractivity contribution in [2.45, 2.75) is 61.3 Å². The van der Waals surface area contributed by atoms with Gasteiger partial charge in [0, 0.05) is 39.8 Å². The standard InChI is InChI=1S/C23H32N6O4S/c1-15(16-6-4-8-19(10-16)34(32,33)26(2)3)29-18-11-21(23(29)31)27(13-18)14-20(25)22(30)28-9-5-7-17(28)12-24/h4,6,8,10,15,17-18,20-21H,5,7,9,11,13-14,25H2,1-3H3/t15-,17-,18-,20-,21-/m0/s1. The smallest absolute Gasteiger partial charge is 0.242 e. The Balaban J connectivity index is 1.43. The number of carbonyl (C=O) groups excluding carboxylic acids is 2. The summed E-state index contributed by atoms with van der Waals surface area (Å²) in [5.41, 5.74) is 6.97. The van der Waals surface area contributed by atoms with E-state index in [1.807, 2.05) is 22.8 Å². The Morgan fingerprint density at radius 3 is 2.74 bits per heavy atom. The fourth-order valence-electron chi connectivity index (χ4n) is 5.41. The number of rotatable bonds is 7. The van der Waals surface area contributed by atoms with Crippen LogP contribution in [0.2, 0.25) is 0 Å². The zero-order chi connectivity index (χ0) is 24.8. The summed E-state index contributed by atoms with van der Waals surface area (Å²) in [5, 5.41) is 9.25. The van der Waals surface area contributed by atoms with Crippen molar-refractivity contribution in [2.24, 2.45) is 5.73 Å². The van der Waals surface area contributed by atoms with Crippen molar-refractivity contribution in [1.29, 1.82) is 5.26 Å². The number of hydrogen-bond donors (Lipinski definition) is 1. The lowest BCUT2D eigenvalue weighted by Crippen LogP contribution is -2.56. The maximum atomic E-state index is 13.3. The number of nitriles is 1. The summed E-state index contributed by atoms with van der Waals surface area (Å²) >= 11 is 0. The summed E-state index contributed by atoms with van der Waals surface area (Å²) in [7, 11) is -0.595. The Morgan fingerprint density at radius 1 is 1.35 bits per heavy atom. The van der Waals surface area contributed by atoms with E-state index in [4.69, 9.17) is 5.73 Å². The minimum Gasteiger partial charge on any atom is -0.330 e. The molecular weight excluding hydrogens is 456 g/mol. The molecule has 5 atom stereocenters. The van der Waals surface area contributed by atoms with Crippen LogP contribution in [0, 0.1) is 11.3 Å². The molecule has 3 heterocycles. The normalized spacial score (nSPS) is 26.8. The van der Waals surface area contributed by atoms with Gasteiger partial charge in [0.2, 0.25) is 21.8 Å². The molecule has 1 aromatic carbocycles. The Bertz CT molecular complexity index is 1120. The molecule has 0 saturated carbocycles. The van der Waals surface area contributed by atoms with Gasteiger partial charge in [-0.2, -0.15) is 5.26 Å². The van der Waals surface area contributed by atoms with Crippen LogP contribution in [0.1, 0.15) is 37.8 Å². The lowest BCUT2D eigenvalue weighted by Gasteiger charge is -2.38. The van der Waals surface area contributed by atoms with E-state index >= 15 is 0 Å². The summed E-state index contributed by atoms with van der Waals surface area (Å²) in [4.78, 5) is 31.6. The van der Waals surface area contributed by atoms with Gasteiger partial charge < -0.3 is 15.5 Å². The summed E-state index contributed by atoms with van der Waals surface area (Å²) in [5.74, 6) is -0.260. The molecule has 3 aliphatic heterocycles. The zero-order valence-electron chi connectivity index (χ0n) is 19.8. The predicted octanol–water partition coefficient (Wildman–Crippen LogP) is 0.125. The maximum absolute atomic E-state index is 13.3. The molecule has 0 unspecified atom stereocenters. The van der Waals surface area contributed by atoms with Gasteiger partial charge in [-0.05, 0) is 43.9 Å². The van der Waals surface area contributed by atoms with Gasteiger partial charge in [-0.15, -0.1) is 0 Å². The number of carbonyl (C=O) groups is 2. The molecule has 3 fully saturated rings. The average Bonchev–Trinajstić information content (AvgIpc) is 3.52. The van der Waals surface area contributed by atoms with Crippen molar-refractivity contribution in [2.75, 3.05) is 33.7 Å². The topological polar surface area (TPSA) is 131 Å². The molecular formula is C23H32N6O4S. The third kappa shape index (κ3) is 4.20. The third-order valence-corrected chi connectivity index (χ3v) is 9.10. The highest BCUT2D eigenvalue weighted by molar-refractivity contribution is 7.89. The molecule has 2 N–H and O–H groups in total. The van der Waals surface area contributed by atoms with Crippen molar-refractivity contribution >= 4 is 21.8 Å². The molecule has 0 radical (unpaired) electrons. The Labute approximate surface area is 200 Å². The third-order valence-electron chi connectivity index (χ3n) is 7.28. The predicted molar refractivity (Wildman–Crippen MR) is 125 cm³/mol. The van der Waals surface area contributed by atoms with Crippen molar-refractivity contribution in [3.8, 4) is 6.07 Å². The number of hydrogen-bond acceptors (Lipinski definition) is 7. The van der Waals surface area contributed by atoms with Crippen molar-refractivity contribution < 1.29 is 18.0 Å². The number of piperazine rings is 1. The minimum absolute atomic E-state index is 0.0254. The second-order valence-corrected chi connectivity index (χ2v) is 11.7. The average molecular weight is 489 g/mol. The maximum Gasteiger partial charge on any atom is 0.242 e. The van der Waals surface area contributed by atoms with E-state index in [2.05, 4.69) is 6.07 Å². The van der Waals surface area contributed by atoms with Crippen molar-refractivity contribution in [1.82, 2.24) is 19.0 Å². The van der Waals surface area contributed by atoms with Gasteiger partial charge in [0.1, 0.15) is 6.04 Å². The summed E-state index contributed by atoms with van der Waals surface area (Å²) in [6.07, 6.45) is 2.13. The molecule has 2 bridgehead atoms. The Morgan fingerprint density at radius 2 is 2.09 bits per heavy atom. The van der Waals surface area contributed by atoms with Crippen LogP contribution >= 0.6 is 0 Å². The Hall–Kier alpha value is -2.52. The minimum atomic E-state index is -3.57. The molecule has 11 heteroatoms. The number of fused-ring (bicyclic) bond motifs is 2. The van der Waals surface area contributed by atoms with Crippen LogP contribution in [0.5, 0.6) is 0 Å². The number of amides is 2. The quantitative estimate of drug-likeness (QED) is 0.577. The molecule has 2 amide bonds. The van der Waals surface area contributed by atoms with E-state index in [9.17, 15) is 23.3 Å². The molecule has 0 aliphatic carbocycles. The van der Waals surface area contributed by atoms with Gasteiger partial charge in [-0.25, -0.2) is 12.7 Å². The van der Waals surface area contributed by atoms with Crippen LogP contribution in [0.25, 0.3) is 0 Å². The molecule has 0 aromatic heterocycles. The fourth-order valence-corrected chi connectivity index (χ4v) is 6.37. The second kappa shape index (κ2) is 9.26. The summed E-state index contributed by atoms with van der Waals surface area (Å²) < 4.78 is 26.2. The number of benzene rings is 1. The fraction of sp³-hybridized carbons (Fsp3) is 0.609. The first-order chi connectivity index (χ1) is 16.1. The largest absolute Gasteiger partial charge is 0.330 e. The Kier molecular flexibility index (Phi) is 6.70. The van der Waals surface area contributed by atoms with E-state index in [-0.39, 0.29) is 41.4 Å². The second-order valence-electron chi connectivity index (χ2n) is 9.57. The molecule has 10 nitrogen and oxygen atoms in total. The number of nitrogens with two attached hydrogens (primary N) is 1. The van der Waals surface area contributed by atoms with E-state index in [1.54, 1.807) is 23.1 Å². The monoisotopic (exact) mass is 488 g/mol. The van der Waals surface area contributed by atoms with Crippen LogP contribution in [-0.4, -0.2) is 97.1 Å².